The van der Waals surface area contributed by atoms with Gasteiger partial charge >= 0.3 is 0 Å². The summed E-state index contributed by atoms with van der Waals surface area (Å²) in [4.78, 5) is 12.9. The van der Waals surface area contributed by atoms with Crippen molar-refractivity contribution < 1.29 is 4.39 Å². The van der Waals surface area contributed by atoms with Crippen molar-refractivity contribution in [2.45, 2.75) is 10.8 Å². The molecule has 0 amide bonds. The van der Waals surface area contributed by atoms with Crippen LogP contribution in [0.2, 0.25) is 0 Å². The molecule has 0 atom stereocenters. The fraction of sp³-hybridized carbons (Fsp3) is 0.125. The number of benzene rings is 1. The van der Waals surface area contributed by atoms with Crippen LogP contribution in [0.5, 0.6) is 0 Å². The minimum Gasteiger partial charge on any atom is -0.256 e. The van der Waals surface area contributed by atoms with Crippen molar-refractivity contribution in [1.82, 2.24) is 24.7 Å². The van der Waals surface area contributed by atoms with Gasteiger partial charge in [0.25, 0.3) is 0 Å². The normalized spacial score (nSPS) is 11.4. The molecule has 0 bridgehead atoms. The first-order chi connectivity index (χ1) is 11.2. The molecule has 0 aliphatic heterocycles. The Hall–Kier alpha value is -2.54. The minimum atomic E-state index is -0.254. The molecule has 0 fully saturated rings. The summed E-state index contributed by atoms with van der Waals surface area (Å²) in [5.74, 6) is 0.321. The molecule has 4 rings (SSSR count). The molecule has 0 saturated carbocycles. The highest BCUT2D eigenvalue weighted by Crippen LogP contribution is 2.29. The van der Waals surface area contributed by atoms with Crippen LogP contribution in [-0.4, -0.2) is 24.7 Å². The first kappa shape index (κ1) is 14.1. The molecule has 0 aliphatic rings. The molecule has 114 valence electrons. The summed E-state index contributed by atoms with van der Waals surface area (Å²) < 4.78 is 15.5. The molecule has 1 aromatic carbocycles. The highest BCUT2D eigenvalue weighted by Gasteiger charge is 2.11. The summed E-state index contributed by atoms with van der Waals surface area (Å²) in [7, 11) is 1.84. The molecule has 5 nitrogen and oxygen atoms in total. The molecule has 23 heavy (non-hydrogen) atoms. The van der Waals surface area contributed by atoms with Gasteiger partial charge in [0.2, 0.25) is 0 Å². The maximum absolute atomic E-state index is 13.8. The van der Waals surface area contributed by atoms with E-state index < -0.39 is 0 Å². The molecular weight excluding hydrogens is 313 g/mol. The number of fused-ring (bicyclic) bond motifs is 2. The molecular formula is C16H12FN5S. The van der Waals surface area contributed by atoms with Crippen molar-refractivity contribution in [2.24, 2.45) is 7.05 Å². The molecule has 0 spiro atoms. The maximum Gasteiger partial charge on any atom is 0.162 e. The second kappa shape index (κ2) is 5.58. The van der Waals surface area contributed by atoms with Gasteiger partial charge in [-0.05, 0) is 23.8 Å². The molecule has 0 aliphatic carbocycles. The molecule has 0 radical (unpaired) electrons. The van der Waals surface area contributed by atoms with Gasteiger partial charge in [-0.2, -0.15) is 5.10 Å². The highest BCUT2D eigenvalue weighted by molar-refractivity contribution is 7.98. The fourth-order valence-electron chi connectivity index (χ4n) is 2.54. The van der Waals surface area contributed by atoms with Crippen molar-refractivity contribution in [2.75, 3.05) is 0 Å². The Morgan fingerprint density at radius 3 is 3.04 bits per heavy atom. The van der Waals surface area contributed by atoms with Gasteiger partial charge in [-0.15, -0.1) is 11.8 Å². The number of halogens is 1. The van der Waals surface area contributed by atoms with Gasteiger partial charge in [0, 0.05) is 24.4 Å². The van der Waals surface area contributed by atoms with Gasteiger partial charge in [-0.3, -0.25) is 9.67 Å². The van der Waals surface area contributed by atoms with Crippen molar-refractivity contribution in [3.8, 4) is 0 Å². The summed E-state index contributed by atoms with van der Waals surface area (Å²) in [6, 6.07) is 6.70. The number of hydrogen-bond acceptors (Lipinski definition) is 5. The Kier molecular flexibility index (Phi) is 3.42. The largest absolute Gasteiger partial charge is 0.256 e. The quantitative estimate of drug-likeness (QED) is 0.427. The number of thioether (sulfide) groups is 1. The Morgan fingerprint density at radius 1 is 1.22 bits per heavy atom. The number of aromatic nitrogens is 5. The van der Waals surface area contributed by atoms with Crippen LogP contribution in [0, 0.1) is 5.82 Å². The van der Waals surface area contributed by atoms with E-state index in [1.807, 2.05) is 19.2 Å². The van der Waals surface area contributed by atoms with E-state index in [1.54, 1.807) is 17.1 Å². The Labute approximate surface area is 135 Å². The number of nitrogens with zero attached hydrogens (tertiary/aromatic N) is 5. The van der Waals surface area contributed by atoms with Crippen LogP contribution in [-0.2, 0) is 12.8 Å². The van der Waals surface area contributed by atoms with E-state index in [1.165, 1.54) is 30.2 Å². The van der Waals surface area contributed by atoms with E-state index in [2.05, 4.69) is 20.1 Å². The van der Waals surface area contributed by atoms with E-state index in [9.17, 15) is 4.39 Å². The smallest absolute Gasteiger partial charge is 0.162 e. The molecule has 0 N–H and O–H groups in total. The van der Waals surface area contributed by atoms with E-state index in [0.717, 1.165) is 32.5 Å². The first-order valence-corrected chi connectivity index (χ1v) is 7.99. The Balaban J connectivity index is 1.71. The van der Waals surface area contributed by atoms with Crippen LogP contribution in [0.15, 0.2) is 48.0 Å². The average Bonchev–Trinajstić information content (AvgIpc) is 2.94. The van der Waals surface area contributed by atoms with Gasteiger partial charge in [-0.1, -0.05) is 6.07 Å². The Morgan fingerprint density at radius 2 is 2.13 bits per heavy atom. The lowest BCUT2D eigenvalue weighted by Gasteiger charge is -2.06. The number of rotatable bonds is 3. The third-order valence-electron chi connectivity index (χ3n) is 3.61. The molecule has 4 aromatic rings. The third kappa shape index (κ3) is 2.53. The highest BCUT2D eigenvalue weighted by atomic mass is 32.2. The second-order valence-electron chi connectivity index (χ2n) is 5.11. The Bertz CT molecular complexity index is 1010. The summed E-state index contributed by atoms with van der Waals surface area (Å²) in [5, 5.41) is 6.73. The standard InChI is InChI=1S/C16H12FN5S/c1-22-15-13(7-21-22)16(20-9-19-15)23-8-11-6-12(17)5-10-3-2-4-18-14(10)11/h2-7,9H,8H2,1H3. The molecule has 3 aromatic heterocycles. The van der Waals surface area contributed by atoms with Crippen molar-refractivity contribution in [1.29, 1.82) is 0 Å². The summed E-state index contributed by atoms with van der Waals surface area (Å²) in [6.45, 7) is 0. The first-order valence-electron chi connectivity index (χ1n) is 7.01. The van der Waals surface area contributed by atoms with Crippen LogP contribution < -0.4 is 0 Å². The topological polar surface area (TPSA) is 56.5 Å². The van der Waals surface area contributed by atoms with Crippen LogP contribution in [0.25, 0.3) is 21.9 Å². The lowest BCUT2D eigenvalue weighted by atomic mass is 10.1. The van der Waals surface area contributed by atoms with Gasteiger partial charge in [0.15, 0.2) is 5.65 Å². The van der Waals surface area contributed by atoms with E-state index in [-0.39, 0.29) is 5.82 Å². The average molecular weight is 325 g/mol. The summed E-state index contributed by atoms with van der Waals surface area (Å²) >= 11 is 1.53. The predicted octanol–water partition coefficient (Wildman–Crippen LogP) is 3.34. The summed E-state index contributed by atoms with van der Waals surface area (Å²) in [6.07, 6.45) is 4.99. The lowest BCUT2D eigenvalue weighted by molar-refractivity contribution is 0.628. The van der Waals surface area contributed by atoms with Gasteiger partial charge in [0.1, 0.15) is 17.2 Å². The van der Waals surface area contributed by atoms with Crippen molar-refractivity contribution in [3.05, 3.63) is 54.4 Å². The van der Waals surface area contributed by atoms with Crippen LogP contribution in [0.3, 0.4) is 0 Å². The maximum atomic E-state index is 13.8. The van der Waals surface area contributed by atoms with Gasteiger partial charge in [0.05, 0.1) is 17.1 Å². The SMILES string of the molecule is Cn1ncc2c(SCc3cc(F)cc4cccnc34)ncnc21. The zero-order valence-corrected chi connectivity index (χ0v) is 13.1. The third-order valence-corrected chi connectivity index (χ3v) is 4.66. The van der Waals surface area contributed by atoms with E-state index >= 15 is 0 Å². The van der Waals surface area contributed by atoms with Crippen molar-refractivity contribution >= 4 is 33.7 Å². The molecule has 0 unspecified atom stereocenters. The van der Waals surface area contributed by atoms with Gasteiger partial charge < -0.3 is 0 Å². The van der Waals surface area contributed by atoms with Gasteiger partial charge in [-0.25, -0.2) is 14.4 Å². The number of aryl methyl sites for hydroxylation is 1. The van der Waals surface area contributed by atoms with E-state index in [4.69, 9.17) is 0 Å². The molecule has 7 heteroatoms. The minimum absolute atomic E-state index is 0.254. The van der Waals surface area contributed by atoms with Crippen molar-refractivity contribution in [3.63, 3.8) is 0 Å². The fourth-order valence-corrected chi connectivity index (χ4v) is 3.47. The zero-order chi connectivity index (χ0) is 15.8. The molecule has 3 heterocycles. The van der Waals surface area contributed by atoms with Crippen LogP contribution >= 0.6 is 11.8 Å². The molecule has 0 saturated heterocycles. The van der Waals surface area contributed by atoms with Crippen LogP contribution in [0.1, 0.15) is 5.56 Å². The second-order valence-corrected chi connectivity index (χ2v) is 6.08. The zero-order valence-electron chi connectivity index (χ0n) is 12.3. The lowest BCUT2D eigenvalue weighted by Crippen LogP contribution is -1.93. The monoisotopic (exact) mass is 325 g/mol. The number of pyridine rings is 1. The summed E-state index contributed by atoms with van der Waals surface area (Å²) in [5.41, 5.74) is 2.45. The number of hydrogen-bond donors (Lipinski definition) is 0. The predicted molar refractivity (Wildman–Crippen MR) is 87.6 cm³/mol. The van der Waals surface area contributed by atoms with E-state index in [0.29, 0.717) is 5.75 Å². The van der Waals surface area contributed by atoms with Crippen LogP contribution in [0.4, 0.5) is 4.39 Å².